The summed E-state index contributed by atoms with van der Waals surface area (Å²) in [7, 11) is -3.90. The lowest BCUT2D eigenvalue weighted by molar-refractivity contribution is 0.0788. The molecule has 0 saturated carbocycles. The largest absolute Gasteiger partial charge is 0.339 e. The van der Waals surface area contributed by atoms with Gasteiger partial charge in [0.05, 0.1) is 10.5 Å². The Morgan fingerprint density at radius 2 is 2.00 bits per heavy atom. The number of hydrogen-bond acceptors (Lipinski definition) is 5. The summed E-state index contributed by atoms with van der Waals surface area (Å²) in [6, 6.07) is 3.35. The van der Waals surface area contributed by atoms with E-state index in [1.54, 1.807) is 4.90 Å². The Hall–Kier alpha value is -2.31. The molecule has 0 unspecified atom stereocenters. The lowest BCUT2D eigenvalue weighted by Gasteiger charge is -2.16. The lowest BCUT2D eigenvalue weighted by Crippen LogP contribution is -2.30. The fourth-order valence-electron chi connectivity index (χ4n) is 3.06. The minimum absolute atomic E-state index is 0.107. The van der Waals surface area contributed by atoms with E-state index in [4.69, 9.17) is 6.42 Å². The van der Waals surface area contributed by atoms with E-state index < -0.39 is 27.4 Å². The molecule has 0 radical (unpaired) electrons. The molecule has 3 rings (SSSR count). The number of likely N-dealkylation sites (tertiary alicyclic amines) is 1. The third kappa shape index (κ3) is 4.51. The van der Waals surface area contributed by atoms with Crippen molar-refractivity contribution < 1.29 is 17.6 Å². The summed E-state index contributed by atoms with van der Waals surface area (Å²) < 4.78 is 41.5. The van der Waals surface area contributed by atoms with Crippen LogP contribution in [0, 0.1) is 18.2 Å². The highest BCUT2D eigenvalue weighted by Crippen LogP contribution is 2.36. The molecule has 0 aliphatic carbocycles. The van der Waals surface area contributed by atoms with E-state index >= 15 is 0 Å². The Bertz CT molecular complexity index is 896. The van der Waals surface area contributed by atoms with Gasteiger partial charge in [-0.3, -0.25) is 4.79 Å². The van der Waals surface area contributed by atoms with Crippen LogP contribution in [0.1, 0.15) is 42.5 Å². The number of sulfonamides is 1. The first-order chi connectivity index (χ1) is 12.9. The number of nitrogens with zero attached hydrogens (tertiary/aromatic N) is 3. The Kier molecular flexibility index (Phi) is 5.58. The van der Waals surface area contributed by atoms with Gasteiger partial charge in [-0.2, -0.15) is 10.2 Å². The average Bonchev–Trinajstić information content (AvgIpc) is 3.18. The highest BCUT2D eigenvalue weighted by atomic mass is 32.2. The smallest absolute Gasteiger partial charge is 0.256 e. The minimum atomic E-state index is -3.90. The third-order valence-corrected chi connectivity index (χ3v) is 6.20. The van der Waals surface area contributed by atoms with Gasteiger partial charge in [0.1, 0.15) is 5.82 Å². The van der Waals surface area contributed by atoms with Gasteiger partial charge < -0.3 is 4.90 Å². The number of benzene rings is 1. The first kappa shape index (κ1) is 19.5. The Morgan fingerprint density at radius 1 is 1.30 bits per heavy atom. The van der Waals surface area contributed by atoms with Crippen molar-refractivity contribution in [1.82, 2.24) is 9.62 Å². The van der Waals surface area contributed by atoms with E-state index in [0.29, 0.717) is 32.4 Å². The van der Waals surface area contributed by atoms with Crippen LogP contribution in [-0.2, 0) is 10.0 Å². The number of nitrogens with one attached hydrogen (secondary N) is 1. The highest BCUT2D eigenvalue weighted by molar-refractivity contribution is 7.89. The van der Waals surface area contributed by atoms with Crippen molar-refractivity contribution in [2.24, 2.45) is 10.2 Å². The first-order valence-electron chi connectivity index (χ1n) is 8.83. The zero-order valence-corrected chi connectivity index (χ0v) is 15.6. The molecule has 1 aromatic carbocycles. The molecule has 1 aromatic rings. The summed E-state index contributed by atoms with van der Waals surface area (Å²) in [5.41, 5.74) is -0.703. The van der Waals surface area contributed by atoms with Crippen LogP contribution >= 0.6 is 0 Å². The molecular formula is C18H21FN4O3S. The lowest BCUT2D eigenvalue weighted by atomic mass is 10.1. The van der Waals surface area contributed by atoms with Crippen molar-refractivity contribution in [3.05, 3.63) is 29.6 Å². The number of rotatable bonds is 8. The van der Waals surface area contributed by atoms with Crippen molar-refractivity contribution in [3.63, 3.8) is 0 Å². The Morgan fingerprint density at radius 3 is 2.59 bits per heavy atom. The molecule has 0 aromatic heterocycles. The molecule has 2 heterocycles. The van der Waals surface area contributed by atoms with Crippen LogP contribution in [0.15, 0.2) is 33.3 Å². The highest BCUT2D eigenvalue weighted by Gasteiger charge is 2.39. The summed E-state index contributed by atoms with van der Waals surface area (Å²) >= 11 is 0. The number of carbonyl (C=O) groups is 1. The standard InChI is InChI=1S/C18H21FN4O3S/c1-2-3-8-18(21-22-18)9-10-20-27(25,26)14-6-7-15(16(19)13-14)17(24)23-11-4-5-12-23/h1,6-7,13,20H,3-5,8-12H2. The van der Waals surface area contributed by atoms with Gasteiger partial charge in [0.2, 0.25) is 10.0 Å². The van der Waals surface area contributed by atoms with E-state index in [1.165, 1.54) is 12.1 Å². The number of terminal acetylenes is 1. The molecular weight excluding hydrogens is 371 g/mol. The van der Waals surface area contributed by atoms with E-state index in [0.717, 1.165) is 18.9 Å². The van der Waals surface area contributed by atoms with E-state index in [9.17, 15) is 17.6 Å². The van der Waals surface area contributed by atoms with Gasteiger partial charge in [0.25, 0.3) is 5.91 Å². The molecule has 7 nitrogen and oxygen atoms in total. The normalized spacial score (nSPS) is 17.7. The zero-order valence-electron chi connectivity index (χ0n) is 14.8. The van der Waals surface area contributed by atoms with Crippen molar-refractivity contribution in [1.29, 1.82) is 0 Å². The van der Waals surface area contributed by atoms with Gasteiger partial charge >= 0.3 is 0 Å². The minimum Gasteiger partial charge on any atom is -0.339 e. The molecule has 1 amide bonds. The fraction of sp³-hybridized carbons (Fsp3) is 0.500. The predicted molar refractivity (Wildman–Crippen MR) is 97.0 cm³/mol. The summed E-state index contributed by atoms with van der Waals surface area (Å²) in [4.78, 5) is 13.6. The number of halogens is 1. The molecule has 2 aliphatic heterocycles. The molecule has 1 N–H and O–H groups in total. The van der Waals surface area contributed by atoms with Gasteiger partial charge in [-0.1, -0.05) is 0 Å². The van der Waals surface area contributed by atoms with Crippen molar-refractivity contribution in [3.8, 4) is 12.3 Å². The van der Waals surface area contributed by atoms with E-state index in [2.05, 4.69) is 20.9 Å². The number of hydrogen-bond donors (Lipinski definition) is 1. The molecule has 2 aliphatic rings. The topological polar surface area (TPSA) is 91.2 Å². The SMILES string of the molecule is C#CCCC1(CCNS(=O)(=O)c2ccc(C(=O)N3CCCC3)c(F)c2)N=N1. The molecule has 27 heavy (non-hydrogen) atoms. The third-order valence-electron chi connectivity index (χ3n) is 4.74. The number of carbonyl (C=O) groups excluding carboxylic acids is 1. The zero-order chi connectivity index (χ0) is 19.5. The van der Waals surface area contributed by atoms with Gasteiger partial charge in [-0.25, -0.2) is 17.5 Å². The summed E-state index contributed by atoms with van der Waals surface area (Å²) in [5.74, 6) is 1.26. The quantitative estimate of drug-likeness (QED) is 0.688. The van der Waals surface area contributed by atoms with Gasteiger partial charge in [-0.15, -0.1) is 12.3 Å². The molecule has 0 atom stereocenters. The monoisotopic (exact) mass is 392 g/mol. The van der Waals surface area contributed by atoms with Crippen LogP contribution in [0.25, 0.3) is 0 Å². The maximum Gasteiger partial charge on any atom is 0.256 e. The van der Waals surface area contributed by atoms with Crippen LogP contribution in [-0.4, -0.2) is 44.5 Å². The second-order valence-corrected chi connectivity index (χ2v) is 8.44. The average molecular weight is 392 g/mol. The van der Waals surface area contributed by atoms with Crippen molar-refractivity contribution >= 4 is 15.9 Å². The molecule has 1 fully saturated rings. The molecule has 0 spiro atoms. The van der Waals surface area contributed by atoms with Crippen LogP contribution in [0.5, 0.6) is 0 Å². The van der Waals surface area contributed by atoms with E-state index in [-0.39, 0.29) is 17.0 Å². The maximum absolute atomic E-state index is 14.4. The first-order valence-corrected chi connectivity index (χ1v) is 10.3. The second kappa shape index (κ2) is 7.74. The maximum atomic E-state index is 14.4. The summed E-state index contributed by atoms with van der Waals surface area (Å²) in [6.07, 6.45) is 8.48. The van der Waals surface area contributed by atoms with E-state index in [1.807, 2.05) is 0 Å². The molecule has 0 bridgehead atoms. The van der Waals surface area contributed by atoms with Crippen molar-refractivity contribution in [2.75, 3.05) is 19.6 Å². The Labute approximate surface area is 158 Å². The number of amides is 1. The van der Waals surface area contributed by atoms with Crippen LogP contribution < -0.4 is 4.72 Å². The van der Waals surface area contributed by atoms with Crippen LogP contribution in [0.3, 0.4) is 0 Å². The summed E-state index contributed by atoms with van der Waals surface area (Å²) in [5, 5.41) is 7.88. The van der Waals surface area contributed by atoms with Gasteiger partial charge in [-0.05, 0) is 31.0 Å². The second-order valence-electron chi connectivity index (χ2n) is 6.68. The van der Waals surface area contributed by atoms with Gasteiger partial charge in [0.15, 0.2) is 5.66 Å². The molecule has 9 heteroatoms. The van der Waals surface area contributed by atoms with Gasteiger partial charge in [0, 0.05) is 38.9 Å². The fourth-order valence-corrected chi connectivity index (χ4v) is 4.11. The van der Waals surface area contributed by atoms with Crippen LogP contribution in [0.4, 0.5) is 4.39 Å². The predicted octanol–water partition coefficient (Wildman–Crippen LogP) is 2.31. The Balaban J connectivity index is 1.62. The summed E-state index contributed by atoms with van der Waals surface area (Å²) in [6.45, 7) is 1.30. The van der Waals surface area contributed by atoms with Crippen molar-refractivity contribution in [2.45, 2.75) is 42.7 Å². The van der Waals surface area contributed by atoms with Crippen LogP contribution in [0.2, 0.25) is 0 Å². The molecule has 144 valence electrons. The molecule has 1 saturated heterocycles.